The molecule has 1 amide bonds. The van der Waals surface area contributed by atoms with Gasteiger partial charge in [0.2, 0.25) is 0 Å². The summed E-state index contributed by atoms with van der Waals surface area (Å²) >= 11 is 0. The van der Waals surface area contributed by atoms with Crippen LogP contribution < -0.4 is 10.5 Å². The lowest BCUT2D eigenvalue weighted by atomic mass is 10.00. The Kier molecular flexibility index (Phi) is 6.08. The highest BCUT2D eigenvalue weighted by Gasteiger charge is 2.47. The average molecular weight is 529 g/mol. The highest BCUT2D eigenvalue weighted by atomic mass is 16.5. The van der Waals surface area contributed by atoms with E-state index in [-0.39, 0.29) is 18.0 Å². The number of hydrogen-bond acceptors (Lipinski definition) is 6. The number of hydrogen-bond donors (Lipinski definition) is 1. The number of aryl methyl sites for hydroxylation is 1. The predicted octanol–water partition coefficient (Wildman–Crippen LogP) is 4.07. The molecule has 1 aromatic carbocycles. The topological polar surface area (TPSA) is 100 Å². The van der Waals surface area contributed by atoms with Gasteiger partial charge >= 0.3 is 0 Å². The molecule has 3 aromatic heterocycles. The Morgan fingerprint density at radius 2 is 2.00 bits per heavy atom. The standard InChI is InChI=1S/C30H36N6O3/c1-3-34-24(14-19-5-4-10-32-28(19)34)29-33-22-13-21(30(37)35-17-20-6-7-23(35)26(20)31)15-25(38-2)27(22)36(29)16-18-8-11-39-12-9-18/h4-5,10,13-15,18,20,23,26H,3,6-9,11-12,16-17,31H2,1-2H3/t20-,23?,26?/m1/s1. The predicted molar refractivity (Wildman–Crippen MR) is 150 cm³/mol. The number of benzene rings is 1. The van der Waals surface area contributed by atoms with Crippen molar-refractivity contribution in [3.63, 3.8) is 0 Å². The Morgan fingerprint density at radius 3 is 2.72 bits per heavy atom. The molecule has 2 N–H and O–H groups in total. The number of ether oxygens (including phenoxy) is 2. The summed E-state index contributed by atoms with van der Waals surface area (Å²) in [7, 11) is 1.68. The monoisotopic (exact) mass is 528 g/mol. The van der Waals surface area contributed by atoms with E-state index in [1.807, 2.05) is 29.3 Å². The molecule has 1 aliphatic carbocycles. The van der Waals surface area contributed by atoms with Crippen LogP contribution in [0.4, 0.5) is 0 Å². The number of carbonyl (C=O) groups is 1. The molecule has 1 saturated carbocycles. The second-order valence-corrected chi connectivity index (χ2v) is 11.3. The molecule has 9 heteroatoms. The smallest absolute Gasteiger partial charge is 0.254 e. The number of nitrogens with zero attached hydrogens (tertiary/aromatic N) is 5. The minimum Gasteiger partial charge on any atom is -0.494 e. The summed E-state index contributed by atoms with van der Waals surface area (Å²) in [5, 5.41) is 1.09. The molecule has 2 unspecified atom stereocenters. The van der Waals surface area contributed by atoms with Gasteiger partial charge in [-0.15, -0.1) is 0 Å². The molecular weight excluding hydrogens is 492 g/mol. The average Bonchev–Trinajstić information content (AvgIpc) is 3.72. The van der Waals surface area contributed by atoms with E-state index in [1.165, 1.54) is 0 Å². The van der Waals surface area contributed by atoms with E-state index in [2.05, 4.69) is 33.2 Å². The van der Waals surface area contributed by atoms with Crippen molar-refractivity contribution in [1.29, 1.82) is 0 Å². The Labute approximate surface area is 227 Å². The van der Waals surface area contributed by atoms with Gasteiger partial charge in [-0.05, 0) is 74.8 Å². The lowest BCUT2D eigenvalue weighted by Gasteiger charge is -2.27. The third-order valence-corrected chi connectivity index (χ3v) is 9.17. The first-order valence-corrected chi connectivity index (χ1v) is 14.2. The molecule has 7 rings (SSSR count). The maximum absolute atomic E-state index is 13.7. The van der Waals surface area contributed by atoms with Gasteiger partial charge in [0, 0.05) is 62.1 Å². The second-order valence-electron chi connectivity index (χ2n) is 11.3. The van der Waals surface area contributed by atoms with Crippen LogP contribution in [0.25, 0.3) is 33.6 Å². The minimum absolute atomic E-state index is 0.0188. The van der Waals surface area contributed by atoms with Gasteiger partial charge in [-0.3, -0.25) is 4.79 Å². The van der Waals surface area contributed by atoms with Crippen LogP contribution in [-0.2, 0) is 17.8 Å². The summed E-state index contributed by atoms with van der Waals surface area (Å²) in [6, 6.07) is 10.3. The molecular formula is C30H36N6O3. The van der Waals surface area contributed by atoms with E-state index in [0.29, 0.717) is 23.1 Å². The Bertz CT molecular complexity index is 1550. The van der Waals surface area contributed by atoms with Gasteiger partial charge < -0.3 is 29.2 Å². The third kappa shape index (κ3) is 3.93. The zero-order valence-corrected chi connectivity index (χ0v) is 22.7. The number of pyridine rings is 1. The van der Waals surface area contributed by atoms with Crippen LogP contribution in [0.3, 0.4) is 0 Å². The first kappa shape index (κ1) is 24.6. The van der Waals surface area contributed by atoms with Crippen molar-refractivity contribution in [3.8, 4) is 17.3 Å². The van der Waals surface area contributed by atoms with Gasteiger partial charge in [-0.2, -0.15) is 0 Å². The molecule has 9 nitrogen and oxygen atoms in total. The molecule has 2 saturated heterocycles. The lowest BCUT2D eigenvalue weighted by molar-refractivity contribution is 0.0617. The normalized spacial score (nSPS) is 23.4. The van der Waals surface area contributed by atoms with Gasteiger partial charge in [0.25, 0.3) is 5.91 Å². The fourth-order valence-corrected chi connectivity index (χ4v) is 7.11. The number of fused-ring (bicyclic) bond motifs is 4. The van der Waals surface area contributed by atoms with Crippen LogP contribution in [0.15, 0.2) is 36.5 Å². The number of aromatic nitrogens is 4. The molecule has 2 bridgehead atoms. The number of piperidine rings is 1. The largest absolute Gasteiger partial charge is 0.494 e. The number of nitrogens with two attached hydrogens (primary N) is 1. The molecule has 0 radical (unpaired) electrons. The molecule has 2 aliphatic heterocycles. The number of methoxy groups -OCH3 is 1. The first-order chi connectivity index (χ1) is 19.1. The molecule has 4 aromatic rings. The number of imidazole rings is 1. The maximum atomic E-state index is 13.7. The number of amides is 1. The van der Waals surface area contributed by atoms with E-state index in [4.69, 9.17) is 20.2 Å². The van der Waals surface area contributed by atoms with Gasteiger partial charge in [-0.25, -0.2) is 9.97 Å². The summed E-state index contributed by atoms with van der Waals surface area (Å²) in [5.41, 5.74) is 10.7. The first-order valence-electron chi connectivity index (χ1n) is 14.2. The Morgan fingerprint density at radius 1 is 1.15 bits per heavy atom. The van der Waals surface area contributed by atoms with E-state index >= 15 is 0 Å². The Hall–Kier alpha value is -3.43. The van der Waals surface area contributed by atoms with Gasteiger partial charge in [-0.1, -0.05) is 0 Å². The van der Waals surface area contributed by atoms with Crippen LogP contribution in [-0.4, -0.2) is 68.9 Å². The molecule has 39 heavy (non-hydrogen) atoms. The Balaban J connectivity index is 1.38. The third-order valence-electron chi connectivity index (χ3n) is 9.17. The number of likely N-dealkylation sites (tertiary alicyclic amines) is 1. The van der Waals surface area contributed by atoms with Crippen molar-refractivity contribution in [3.05, 3.63) is 42.1 Å². The minimum atomic E-state index is 0.0188. The van der Waals surface area contributed by atoms with Crippen LogP contribution in [0, 0.1) is 11.8 Å². The fourth-order valence-electron chi connectivity index (χ4n) is 7.11. The van der Waals surface area contributed by atoms with Crippen LogP contribution >= 0.6 is 0 Å². The molecule has 204 valence electrons. The van der Waals surface area contributed by atoms with Crippen molar-refractivity contribution in [2.45, 2.75) is 57.8 Å². The van der Waals surface area contributed by atoms with E-state index in [9.17, 15) is 4.79 Å². The molecule has 3 fully saturated rings. The zero-order valence-electron chi connectivity index (χ0n) is 22.7. The van der Waals surface area contributed by atoms with Crippen molar-refractivity contribution >= 4 is 28.0 Å². The maximum Gasteiger partial charge on any atom is 0.254 e. The number of carbonyl (C=O) groups excluding carboxylic acids is 1. The van der Waals surface area contributed by atoms with Crippen LogP contribution in [0.1, 0.15) is 43.0 Å². The summed E-state index contributed by atoms with van der Waals surface area (Å²) < 4.78 is 16.1. The summed E-state index contributed by atoms with van der Waals surface area (Å²) in [6.07, 6.45) is 5.94. The van der Waals surface area contributed by atoms with Crippen molar-refractivity contribution < 1.29 is 14.3 Å². The highest BCUT2D eigenvalue weighted by molar-refractivity contribution is 6.00. The lowest BCUT2D eigenvalue weighted by Crippen LogP contribution is -2.41. The van der Waals surface area contributed by atoms with Gasteiger partial charge in [0.1, 0.15) is 16.9 Å². The zero-order chi connectivity index (χ0) is 26.7. The van der Waals surface area contributed by atoms with Crippen molar-refractivity contribution in [2.75, 3.05) is 26.9 Å². The van der Waals surface area contributed by atoms with Gasteiger partial charge in [0.05, 0.1) is 18.3 Å². The second kappa shape index (κ2) is 9.64. The molecule has 3 aliphatic rings. The highest BCUT2D eigenvalue weighted by Crippen LogP contribution is 2.40. The van der Waals surface area contributed by atoms with E-state index in [1.54, 1.807) is 7.11 Å². The van der Waals surface area contributed by atoms with Crippen molar-refractivity contribution in [2.24, 2.45) is 17.6 Å². The van der Waals surface area contributed by atoms with Gasteiger partial charge in [0.15, 0.2) is 5.82 Å². The molecule has 3 atom stereocenters. The van der Waals surface area contributed by atoms with E-state index in [0.717, 1.165) is 92.1 Å². The van der Waals surface area contributed by atoms with E-state index < -0.39 is 0 Å². The SMILES string of the molecule is CCn1c(-c2nc3cc(C(=O)N4C[C@H]5CCC4C5N)cc(OC)c3n2CC2CCOCC2)cc2cccnc21. The van der Waals surface area contributed by atoms with Crippen LogP contribution in [0.2, 0.25) is 0 Å². The summed E-state index contributed by atoms with van der Waals surface area (Å²) in [5.74, 6) is 2.44. The molecule has 5 heterocycles. The molecule has 0 spiro atoms. The van der Waals surface area contributed by atoms with Crippen molar-refractivity contribution in [1.82, 2.24) is 24.0 Å². The fraction of sp³-hybridized carbons (Fsp3) is 0.500. The summed E-state index contributed by atoms with van der Waals surface area (Å²) in [4.78, 5) is 25.6. The van der Waals surface area contributed by atoms with Crippen LogP contribution in [0.5, 0.6) is 5.75 Å². The summed E-state index contributed by atoms with van der Waals surface area (Å²) in [6.45, 7) is 6.01. The number of rotatable bonds is 6. The quantitative estimate of drug-likeness (QED) is 0.405.